The minimum absolute atomic E-state index is 0.0146. The summed E-state index contributed by atoms with van der Waals surface area (Å²) in [6.07, 6.45) is 0.844. The van der Waals surface area contributed by atoms with Gasteiger partial charge in [0.2, 0.25) is 0 Å². The number of sulfone groups is 1. The van der Waals surface area contributed by atoms with Gasteiger partial charge in [0, 0.05) is 18.7 Å². The first-order valence-electron chi connectivity index (χ1n) is 14.7. The van der Waals surface area contributed by atoms with Gasteiger partial charge in [0.25, 0.3) is 0 Å². The van der Waals surface area contributed by atoms with Crippen LogP contribution in [0.25, 0.3) is 10.6 Å². The number of ether oxygens (including phenoxy) is 2. The molecule has 45 heavy (non-hydrogen) atoms. The molecular formula is C36H34N2O5S2. The van der Waals surface area contributed by atoms with Gasteiger partial charge < -0.3 is 9.47 Å². The molecule has 0 saturated heterocycles. The summed E-state index contributed by atoms with van der Waals surface area (Å²) in [5.41, 5.74) is 5.97. The number of aromatic nitrogens is 1. The fourth-order valence-electron chi connectivity index (χ4n) is 5.91. The molecule has 0 fully saturated rings. The molecular weight excluding hydrogens is 605 g/mol. The molecule has 7 nitrogen and oxygen atoms in total. The van der Waals surface area contributed by atoms with Gasteiger partial charge in [0.15, 0.2) is 27.1 Å². The van der Waals surface area contributed by atoms with Gasteiger partial charge in [0.05, 0.1) is 35.7 Å². The third-order valence-corrected chi connectivity index (χ3v) is 11.0. The highest BCUT2D eigenvalue weighted by atomic mass is 32.2. The Labute approximate surface area is 268 Å². The SMILES string of the molecule is COc1cc2c(cc1OC)C(c1ccccc1)N(Cc1ccc(S(=O)(=O)CC(=O)c3sc(-c4ccccc4)nc3C)cc1)CC2. The van der Waals surface area contributed by atoms with Gasteiger partial charge in [-0.2, -0.15) is 0 Å². The van der Waals surface area contributed by atoms with E-state index in [1.54, 1.807) is 33.3 Å². The quantitative estimate of drug-likeness (QED) is 0.153. The highest BCUT2D eigenvalue weighted by molar-refractivity contribution is 7.92. The van der Waals surface area contributed by atoms with Gasteiger partial charge in [-0.15, -0.1) is 11.3 Å². The van der Waals surface area contributed by atoms with Crippen LogP contribution in [0.3, 0.4) is 0 Å². The zero-order valence-corrected chi connectivity index (χ0v) is 27.0. The lowest BCUT2D eigenvalue weighted by Crippen LogP contribution is -2.35. The molecule has 0 saturated carbocycles. The van der Waals surface area contributed by atoms with E-state index in [1.807, 2.05) is 60.7 Å². The number of methoxy groups -OCH3 is 2. The highest BCUT2D eigenvalue weighted by Gasteiger charge is 2.31. The van der Waals surface area contributed by atoms with Crippen LogP contribution in [-0.4, -0.2) is 50.6 Å². The summed E-state index contributed by atoms with van der Waals surface area (Å²) >= 11 is 1.23. The molecule has 1 aliphatic rings. The second-order valence-corrected chi connectivity index (χ2v) is 14.1. The highest BCUT2D eigenvalue weighted by Crippen LogP contribution is 2.41. The van der Waals surface area contributed by atoms with Crippen molar-refractivity contribution in [1.82, 2.24) is 9.88 Å². The minimum Gasteiger partial charge on any atom is -0.493 e. The summed E-state index contributed by atoms with van der Waals surface area (Å²) in [4.78, 5) is 20.6. The van der Waals surface area contributed by atoms with Gasteiger partial charge >= 0.3 is 0 Å². The number of aryl methyl sites for hydroxylation is 1. The van der Waals surface area contributed by atoms with Crippen molar-refractivity contribution in [3.8, 4) is 22.1 Å². The van der Waals surface area contributed by atoms with Gasteiger partial charge in [-0.3, -0.25) is 9.69 Å². The molecule has 0 radical (unpaired) electrons. The number of nitrogens with zero attached hydrogens (tertiary/aromatic N) is 2. The number of ketones is 1. The minimum atomic E-state index is -3.85. The molecule has 0 amide bonds. The molecule has 1 aliphatic heterocycles. The van der Waals surface area contributed by atoms with Gasteiger partial charge in [-0.1, -0.05) is 72.8 Å². The zero-order chi connectivity index (χ0) is 31.6. The van der Waals surface area contributed by atoms with Crippen molar-refractivity contribution in [2.45, 2.75) is 30.8 Å². The summed E-state index contributed by atoms with van der Waals surface area (Å²) in [5.74, 6) is 0.358. The van der Waals surface area contributed by atoms with E-state index in [0.29, 0.717) is 33.6 Å². The number of thiazole rings is 1. The summed E-state index contributed by atoms with van der Waals surface area (Å²) in [6.45, 7) is 3.18. The number of carbonyl (C=O) groups is 1. The lowest BCUT2D eigenvalue weighted by molar-refractivity contribution is 0.102. The van der Waals surface area contributed by atoms with Crippen LogP contribution in [0, 0.1) is 6.92 Å². The number of carbonyl (C=O) groups excluding carboxylic acids is 1. The monoisotopic (exact) mass is 638 g/mol. The molecule has 5 aromatic rings. The summed E-state index contributed by atoms with van der Waals surface area (Å²) in [5, 5.41) is 0.699. The molecule has 6 rings (SSSR count). The Morgan fingerprint density at radius 1 is 0.911 bits per heavy atom. The van der Waals surface area contributed by atoms with E-state index in [-0.39, 0.29) is 10.9 Å². The third kappa shape index (κ3) is 6.42. The fraction of sp³-hybridized carbons (Fsp3) is 0.222. The van der Waals surface area contributed by atoms with Crippen molar-refractivity contribution < 1.29 is 22.7 Å². The Hall–Kier alpha value is -4.31. The predicted octanol–water partition coefficient (Wildman–Crippen LogP) is 6.94. The van der Waals surface area contributed by atoms with Gasteiger partial charge in [-0.05, 0) is 59.9 Å². The Morgan fingerprint density at radius 3 is 2.22 bits per heavy atom. The van der Waals surface area contributed by atoms with Crippen LogP contribution in [0.4, 0.5) is 0 Å². The fourth-order valence-corrected chi connectivity index (χ4v) is 8.22. The number of hydrogen-bond acceptors (Lipinski definition) is 8. The van der Waals surface area contributed by atoms with Crippen molar-refractivity contribution in [2.24, 2.45) is 0 Å². The largest absolute Gasteiger partial charge is 0.493 e. The number of Topliss-reactive ketones (excluding diaryl/α,β-unsaturated/α-hetero) is 1. The first kappa shape index (κ1) is 30.7. The average molecular weight is 639 g/mol. The Balaban J connectivity index is 1.21. The summed E-state index contributed by atoms with van der Waals surface area (Å²) in [7, 11) is -0.554. The van der Waals surface area contributed by atoms with Crippen molar-refractivity contribution in [3.05, 3.63) is 130 Å². The molecule has 1 unspecified atom stereocenters. The van der Waals surface area contributed by atoms with Crippen LogP contribution in [0.5, 0.6) is 11.5 Å². The van der Waals surface area contributed by atoms with Gasteiger partial charge in [0.1, 0.15) is 10.8 Å². The molecule has 9 heteroatoms. The third-order valence-electron chi connectivity index (χ3n) is 8.15. The summed E-state index contributed by atoms with van der Waals surface area (Å²) < 4.78 is 37.9. The van der Waals surface area contributed by atoms with Crippen molar-refractivity contribution in [1.29, 1.82) is 0 Å². The first-order chi connectivity index (χ1) is 21.8. The normalized spacial score (nSPS) is 15.0. The van der Waals surface area contributed by atoms with Crippen LogP contribution in [0.1, 0.15) is 43.7 Å². The zero-order valence-electron chi connectivity index (χ0n) is 25.4. The van der Waals surface area contributed by atoms with E-state index in [1.165, 1.54) is 16.9 Å². The molecule has 0 N–H and O–H groups in total. The molecule has 0 bridgehead atoms. The molecule has 2 heterocycles. The molecule has 230 valence electrons. The van der Waals surface area contributed by atoms with E-state index in [4.69, 9.17) is 9.47 Å². The Bertz CT molecular complexity index is 1920. The topological polar surface area (TPSA) is 85.8 Å². The maximum atomic E-state index is 13.3. The second-order valence-electron chi connectivity index (χ2n) is 11.1. The van der Waals surface area contributed by atoms with E-state index >= 15 is 0 Å². The Morgan fingerprint density at radius 2 is 1.56 bits per heavy atom. The average Bonchev–Trinajstić information content (AvgIpc) is 3.46. The van der Waals surface area contributed by atoms with E-state index in [2.05, 4.69) is 34.1 Å². The Kier molecular flexibility index (Phi) is 8.85. The van der Waals surface area contributed by atoms with Crippen LogP contribution >= 0.6 is 11.3 Å². The van der Waals surface area contributed by atoms with Crippen molar-refractivity contribution in [3.63, 3.8) is 0 Å². The molecule has 4 aromatic carbocycles. The maximum Gasteiger partial charge on any atom is 0.190 e. The maximum absolute atomic E-state index is 13.3. The van der Waals surface area contributed by atoms with Crippen molar-refractivity contribution >= 4 is 27.0 Å². The molecule has 1 aromatic heterocycles. The van der Waals surface area contributed by atoms with Crippen molar-refractivity contribution in [2.75, 3.05) is 26.5 Å². The number of hydrogen-bond donors (Lipinski definition) is 0. The lowest BCUT2D eigenvalue weighted by atomic mass is 9.87. The first-order valence-corrected chi connectivity index (χ1v) is 17.2. The van der Waals surface area contributed by atoms with E-state index in [0.717, 1.165) is 35.2 Å². The smallest absolute Gasteiger partial charge is 0.190 e. The van der Waals surface area contributed by atoms with Crippen LogP contribution < -0.4 is 9.47 Å². The van der Waals surface area contributed by atoms with Gasteiger partial charge in [-0.25, -0.2) is 13.4 Å². The molecule has 1 atom stereocenters. The van der Waals surface area contributed by atoms with Crippen LogP contribution in [0.2, 0.25) is 0 Å². The summed E-state index contributed by atoms with van der Waals surface area (Å²) in [6, 6.07) is 30.9. The van der Waals surface area contributed by atoms with E-state index < -0.39 is 21.4 Å². The number of fused-ring (bicyclic) bond motifs is 1. The molecule has 0 aliphatic carbocycles. The van der Waals surface area contributed by atoms with Crippen LogP contribution in [0.15, 0.2) is 102 Å². The number of benzene rings is 4. The van der Waals surface area contributed by atoms with E-state index in [9.17, 15) is 13.2 Å². The lowest BCUT2D eigenvalue weighted by Gasteiger charge is -2.38. The number of rotatable bonds is 10. The molecule has 0 spiro atoms. The van der Waals surface area contributed by atoms with Crippen LogP contribution in [-0.2, 0) is 22.8 Å². The predicted molar refractivity (Wildman–Crippen MR) is 177 cm³/mol. The second kappa shape index (κ2) is 13.0. The standard InChI is InChI=1S/C36H34N2O5S2/c1-24-35(44-36(37-24)27-12-8-5-9-13-27)31(39)23-45(40,41)29-16-14-25(15-17-29)22-38-19-18-28-20-32(42-2)33(43-3)21-30(28)34(38)26-10-6-4-7-11-26/h4-17,20-21,34H,18-19,22-23H2,1-3H3.